The van der Waals surface area contributed by atoms with Crippen LogP contribution in [-0.2, 0) is 24.7 Å². The number of para-hydroxylation sites is 2. The van der Waals surface area contributed by atoms with E-state index in [2.05, 4.69) is 0 Å². The predicted molar refractivity (Wildman–Crippen MR) is 109 cm³/mol. The lowest BCUT2D eigenvalue weighted by Gasteiger charge is -2.35. The molecule has 1 aromatic rings. The first-order chi connectivity index (χ1) is 13.2. The molecular formula is C18H28N2O6S2. The van der Waals surface area contributed by atoms with Crippen LogP contribution in [0.3, 0.4) is 0 Å². The number of nitrogens with zero attached hydrogens (tertiary/aromatic N) is 2. The SMILES string of the molecule is CC.CS(=O)(=O)N1CC(CCC(=O)N2CCS(=O)(=O)CC2)Oc2ccccc21. The van der Waals surface area contributed by atoms with E-state index in [-0.39, 0.29) is 43.5 Å². The summed E-state index contributed by atoms with van der Waals surface area (Å²) in [4.78, 5) is 13.9. The van der Waals surface area contributed by atoms with Gasteiger partial charge in [-0.15, -0.1) is 0 Å². The maximum absolute atomic E-state index is 12.3. The molecule has 0 spiro atoms. The van der Waals surface area contributed by atoms with Gasteiger partial charge in [-0.25, -0.2) is 16.8 Å². The Hall–Kier alpha value is -1.81. The topological polar surface area (TPSA) is 101 Å². The molecule has 2 aliphatic rings. The van der Waals surface area contributed by atoms with E-state index < -0.39 is 26.0 Å². The number of carbonyl (C=O) groups is 1. The standard InChI is InChI=1S/C16H22N2O6S2.C2H6/c1-25(20,21)18-12-13(24-15-5-3-2-4-14(15)18)6-7-16(19)17-8-10-26(22,23)11-9-17;1-2/h2-5,13H,6-12H2,1H3;1-2H3. The average Bonchev–Trinajstić information content (AvgIpc) is 2.66. The van der Waals surface area contributed by atoms with E-state index in [9.17, 15) is 21.6 Å². The minimum absolute atomic E-state index is 0.00605. The number of anilines is 1. The maximum atomic E-state index is 12.3. The van der Waals surface area contributed by atoms with Gasteiger partial charge in [-0.2, -0.15) is 0 Å². The normalized spacial score (nSPS) is 21.0. The highest BCUT2D eigenvalue weighted by atomic mass is 32.2. The molecule has 1 atom stereocenters. The van der Waals surface area contributed by atoms with E-state index in [1.54, 1.807) is 29.2 Å². The Balaban J connectivity index is 0.00000136. The van der Waals surface area contributed by atoms with Gasteiger partial charge >= 0.3 is 0 Å². The van der Waals surface area contributed by atoms with E-state index in [1.165, 1.54) is 4.31 Å². The summed E-state index contributed by atoms with van der Waals surface area (Å²) >= 11 is 0. The number of benzene rings is 1. The molecule has 0 bridgehead atoms. The molecule has 1 saturated heterocycles. The smallest absolute Gasteiger partial charge is 0.232 e. The minimum atomic E-state index is -3.45. The molecule has 3 rings (SSSR count). The van der Waals surface area contributed by atoms with Crippen molar-refractivity contribution in [3.8, 4) is 5.75 Å². The lowest BCUT2D eigenvalue weighted by atomic mass is 10.1. The third-order valence-electron chi connectivity index (χ3n) is 4.57. The number of ether oxygens (including phenoxy) is 1. The molecule has 8 nitrogen and oxygen atoms in total. The van der Waals surface area contributed by atoms with Crippen molar-refractivity contribution in [2.24, 2.45) is 0 Å². The Morgan fingerprint density at radius 1 is 1.18 bits per heavy atom. The third kappa shape index (κ3) is 5.60. The first kappa shape index (κ1) is 22.5. The van der Waals surface area contributed by atoms with Gasteiger partial charge in [0.05, 0.1) is 30.0 Å². The van der Waals surface area contributed by atoms with Gasteiger partial charge in [-0.1, -0.05) is 26.0 Å². The van der Waals surface area contributed by atoms with Gasteiger partial charge in [-0.3, -0.25) is 9.10 Å². The predicted octanol–water partition coefficient (Wildman–Crippen LogP) is 1.28. The fourth-order valence-electron chi connectivity index (χ4n) is 3.13. The summed E-state index contributed by atoms with van der Waals surface area (Å²) in [6.45, 7) is 4.58. The van der Waals surface area contributed by atoms with Crippen molar-refractivity contribution >= 4 is 31.5 Å². The highest BCUT2D eigenvalue weighted by molar-refractivity contribution is 7.92. The van der Waals surface area contributed by atoms with Gasteiger partial charge in [-0.05, 0) is 18.6 Å². The van der Waals surface area contributed by atoms with E-state index in [0.717, 1.165) is 6.26 Å². The van der Waals surface area contributed by atoms with Crippen molar-refractivity contribution in [2.75, 3.05) is 41.7 Å². The van der Waals surface area contributed by atoms with E-state index in [1.807, 2.05) is 13.8 Å². The number of carbonyl (C=O) groups excluding carboxylic acids is 1. The van der Waals surface area contributed by atoms with Crippen LogP contribution in [0.5, 0.6) is 5.75 Å². The van der Waals surface area contributed by atoms with E-state index in [4.69, 9.17) is 4.74 Å². The summed E-state index contributed by atoms with van der Waals surface area (Å²) in [7, 11) is -6.49. The van der Waals surface area contributed by atoms with Crippen LogP contribution in [0.2, 0.25) is 0 Å². The number of hydrogen-bond acceptors (Lipinski definition) is 6. The molecule has 0 saturated carbocycles. The van der Waals surface area contributed by atoms with Crippen LogP contribution in [-0.4, -0.2) is 71.1 Å². The van der Waals surface area contributed by atoms with Gasteiger partial charge in [0.15, 0.2) is 9.84 Å². The molecule has 10 heteroatoms. The quantitative estimate of drug-likeness (QED) is 0.710. The van der Waals surface area contributed by atoms with Crippen LogP contribution >= 0.6 is 0 Å². The first-order valence-electron chi connectivity index (χ1n) is 9.37. The number of amides is 1. The van der Waals surface area contributed by atoms with Gasteiger partial charge in [0.25, 0.3) is 0 Å². The molecule has 1 fully saturated rings. The highest BCUT2D eigenvalue weighted by Gasteiger charge is 2.32. The van der Waals surface area contributed by atoms with E-state index >= 15 is 0 Å². The van der Waals surface area contributed by atoms with Crippen molar-refractivity contribution in [3.63, 3.8) is 0 Å². The summed E-state index contributed by atoms with van der Waals surface area (Å²) in [6.07, 6.45) is 1.26. The van der Waals surface area contributed by atoms with Gasteiger partial charge in [0, 0.05) is 19.5 Å². The molecule has 28 heavy (non-hydrogen) atoms. The van der Waals surface area contributed by atoms with Crippen LogP contribution in [0.25, 0.3) is 0 Å². The molecule has 1 amide bonds. The molecule has 1 aromatic carbocycles. The van der Waals surface area contributed by atoms with Gasteiger partial charge < -0.3 is 9.64 Å². The number of sulfone groups is 1. The number of rotatable bonds is 4. The summed E-state index contributed by atoms with van der Waals surface area (Å²) in [5.41, 5.74) is 0.499. The molecule has 0 radical (unpaired) electrons. The zero-order valence-electron chi connectivity index (χ0n) is 16.5. The Bertz CT molecular complexity index is 884. The summed E-state index contributed by atoms with van der Waals surface area (Å²) < 4.78 is 54.2. The zero-order chi connectivity index (χ0) is 20.9. The van der Waals surface area contributed by atoms with Crippen LogP contribution in [0, 0.1) is 0 Å². The molecule has 1 unspecified atom stereocenters. The van der Waals surface area contributed by atoms with Gasteiger partial charge in [0.1, 0.15) is 11.9 Å². The van der Waals surface area contributed by atoms with Crippen molar-refractivity contribution in [1.29, 1.82) is 0 Å². The maximum Gasteiger partial charge on any atom is 0.232 e. The molecule has 0 N–H and O–H groups in total. The highest BCUT2D eigenvalue weighted by Crippen LogP contribution is 2.35. The second kappa shape index (κ2) is 9.13. The largest absolute Gasteiger partial charge is 0.486 e. The van der Waals surface area contributed by atoms with Gasteiger partial charge in [0.2, 0.25) is 15.9 Å². The summed E-state index contributed by atoms with van der Waals surface area (Å²) in [6, 6.07) is 6.90. The fourth-order valence-corrected chi connectivity index (χ4v) is 5.28. The number of fused-ring (bicyclic) bond motifs is 1. The molecule has 2 heterocycles. The van der Waals surface area contributed by atoms with E-state index in [0.29, 0.717) is 17.9 Å². The van der Waals surface area contributed by atoms with Crippen molar-refractivity contribution < 1.29 is 26.4 Å². The Labute approximate surface area is 167 Å². The number of hydrogen-bond donors (Lipinski definition) is 0. The lowest BCUT2D eigenvalue weighted by Crippen LogP contribution is -2.45. The Morgan fingerprint density at radius 2 is 1.79 bits per heavy atom. The average molecular weight is 433 g/mol. The second-order valence-corrected chi connectivity index (χ2v) is 10.8. The number of sulfonamides is 1. The van der Waals surface area contributed by atoms with Crippen molar-refractivity contribution in [1.82, 2.24) is 4.90 Å². The van der Waals surface area contributed by atoms with Crippen LogP contribution < -0.4 is 9.04 Å². The molecule has 0 aromatic heterocycles. The molecule has 2 aliphatic heterocycles. The molecular weight excluding hydrogens is 404 g/mol. The fraction of sp³-hybridized carbons (Fsp3) is 0.611. The van der Waals surface area contributed by atoms with Crippen molar-refractivity contribution in [3.05, 3.63) is 24.3 Å². The Morgan fingerprint density at radius 3 is 2.39 bits per heavy atom. The van der Waals surface area contributed by atoms with Crippen LogP contribution in [0.4, 0.5) is 5.69 Å². The lowest BCUT2D eigenvalue weighted by molar-refractivity contribution is -0.131. The zero-order valence-corrected chi connectivity index (χ0v) is 18.1. The van der Waals surface area contributed by atoms with Crippen LogP contribution in [0.15, 0.2) is 24.3 Å². The second-order valence-electron chi connectivity index (χ2n) is 6.57. The first-order valence-corrected chi connectivity index (χ1v) is 13.0. The molecule has 0 aliphatic carbocycles. The third-order valence-corrected chi connectivity index (χ3v) is 7.33. The monoisotopic (exact) mass is 432 g/mol. The minimum Gasteiger partial charge on any atom is -0.486 e. The Kier molecular flexibility index (Phi) is 7.33. The van der Waals surface area contributed by atoms with Crippen LogP contribution in [0.1, 0.15) is 26.7 Å². The van der Waals surface area contributed by atoms with Crippen molar-refractivity contribution in [2.45, 2.75) is 32.8 Å². The molecule has 158 valence electrons. The summed E-state index contributed by atoms with van der Waals surface area (Å²) in [5.74, 6) is 0.334. The summed E-state index contributed by atoms with van der Waals surface area (Å²) in [5, 5.41) is 0.